The van der Waals surface area contributed by atoms with Crippen molar-refractivity contribution in [3.8, 4) is 22.5 Å². The Morgan fingerprint density at radius 3 is 2.17 bits per heavy atom. The van der Waals surface area contributed by atoms with Gasteiger partial charge in [-0.2, -0.15) is 0 Å². The van der Waals surface area contributed by atoms with Crippen molar-refractivity contribution < 1.29 is 0 Å². The maximum absolute atomic E-state index is 4.79. The molecular weight excluding hydrogens is 350 g/mol. The highest BCUT2D eigenvalue weighted by atomic mass is 79.9. The Kier molecular flexibility index (Phi) is 3.34. The van der Waals surface area contributed by atoms with Crippen molar-refractivity contribution >= 4 is 21.7 Å². The van der Waals surface area contributed by atoms with Crippen molar-refractivity contribution in [1.82, 2.24) is 14.0 Å². The van der Waals surface area contributed by atoms with Crippen molar-refractivity contribution in [1.29, 1.82) is 0 Å². The van der Waals surface area contributed by atoms with Crippen molar-refractivity contribution in [2.24, 2.45) is 7.05 Å². The highest BCUT2D eigenvalue weighted by Crippen LogP contribution is 2.26. The average Bonchev–Trinajstić information content (AvgIpc) is 3.09. The normalized spacial score (nSPS) is 11.3. The number of nitrogens with zero attached hydrogens (tertiary/aromatic N) is 3. The van der Waals surface area contributed by atoms with E-state index < -0.39 is 0 Å². The second kappa shape index (κ2) is 5.39. The van der Waals surface area contributed by atoms with Crippen LogP contribution < -0.4 is 0 Å². The molecule has 2 heterocycles. The predicted octanol–water partition coefficient (Wildman–Crippen LogP) is 5.08. The summed E-state index contributed by atoms with van der Waals surface area (Å²) in [6.45, 7) is 2.10. The molecule has 2 aromatic carbocycles. The van der Waals surface area contributed by atoms with Gasteiger partial charge in [-0.3, -0.25) is 4.40 Å². The fraction of sp³-hybridized carbons (Fsp3) is 0.105. The summed E-state index contributed by atoms with van der Waals surface area (Å²) in [6.07, 6.45) is 4.21. The minimum absolute atomic E-state index is 0.943. The molecule has 0 amide bonds. The first-order valence-electron chi connectivity index (χ1n) is 7.49. The lowest BCUT2D eigenvalue weighted by molar-refractivity contribution is 0.945. The Balaban J connectivity index is 1.80. The molecule has 0 atom stereocenters. The molecule has 3 nitrogen and oxygen atoms in total. The van der Waals surface area contributed by atoms with E-state index in [1.807, 2.05) is 0 Å². The number of imidazole rings is 2. The second-order valence-corrected chi connectivity index (χ2v) is 6.70. The van der Waals surface area contributed by atoms with E-state index in [1.54, 1.807) is 0 Å². The number of aromatic nitrogens is 3. The van der Waals surface area contributed by atoms with Gasteiger partial charge in [0.05, 0.1) is 11.4 Å². The Bertz CT molecular complexity index is 976. The van der Waals surface area contributed by atoms with Gasteiger partial charge in [0, 0.05) is 29.5 Å². The van der Waals surface area contributed by atoms with E-state index in [0.717, 1.165) is 27.2 Å². The van der Waals surface area contributed by atoms with Gasteiger partial charge in [-0.15, -0.1) is 0 Å². The van der Waals surface area contributed by atoms with Crippen LogP contribution >= 0.6 is 15.9 Å². The molecule has 0 unspecified atom stereocenters. The van der Waals surface area contributed by atoms with Crippen molar-refractivity contribution in [2.75, 3.05) is 0 Å². The molecule has 0 N–H and O–H groups in total. The molecular formula is C19H16BrN3. The first-order chi connectivity index (χ1) is 11.1. The molecule has 2 aromatic heterocycles. The van der Waals surface area contributed by atoms with Crippen LogP contribution in [0.15, 0.2) is 65.4 Å². The minimum atomic E-state index is 0.943. The van der Waals surface area contributed by atoms with Crippen LogP contribution in [0.25, 0.3) is 28.3 Å². The highest BCUT2D eigenvalue weighted by molar-refractivity contribution is 9.10. The minimum Gasteiger partial charge on any atom is -0.313 e. The van der Waals surface area contributed by atoms with E-state index in [1.165, 1.54) is 11.1 Å². The molecule has 4 aromatic rings. The van der Waals surface area contributed by atoms with Gasteiger partial charge in [-0.05, 0) is 24.6 Å². The van der Waals surface area contributed by atoms with Gasteiger partial charge in [0.1, 0.15) is 0 Å². The van der Waals surface area contributed by atoms with Gasteiger partial charge < -0.3 is 4.57 Å². The SMILES string of the molecule is Cc1ccc(-c2cn3cc(-c4ccc(Br)cc4)n(C)c3n2)cc1. The van der Waals surface area contributed by atoms with Crippen LogP contribution in [-0.4, -0.2) is 14.0 Å². The lowest BCUT2D eigenvalue weighted by Gasteiger charge is -2.03. The summed E-state index contributed by atoms with van der Waals surface area (Å²) in [5, 5.41) is 0. The van der Waals surface area contributed by atoms with E-state index in [2.05, 4.69) is 99.8 Å². The number of rotatable bonds is 2. The van der Waals surface area contributed by atoms with E-state index in [0.29, 0.717) is 0 Å². The quantitative estimate of drug-likeness (QED) is 0.485. The van der Waals surface area contributed by atoms with Crippen LogP contribution in [0.4, 0.5) is 0 Å². The summed E-state index contributed by atoms with van der Waals surface area (Å²) in [5.41, 5.74) is 5.73. The van der Waals surface area contributed by atoms with E-state index in [4.69, 9.17) is 4.98 Å². The third-order valence-corrected chi connectivity index (χ3v) is 4.65. The average molecular weight is 366 g/mol. The summed E-state index contributed by atoms with van der Waals surface area (Å²) in [5.74, 6) is 0.943. The summed E-state index contributed by atoms with van der Waals surface area (Å²) in [6, 6.07) is 16.8. The highest BCUT2D eigenvalue weighted by Gasteiger charge is 2.12. The van der Waals surface area contributed by atoms with Crippen LogP contribution in [-0.2, 0) is 7.05 Å². The van der Waals surface area contributed by atoms with Crippen molar-refractivity contribution in [3.05, 3.63) is 71.0 Å². The summed E-state index contributed by atoms with van der Waals surface area (Å²) in [7, 11) is 2.05. The monoisotopic (exact) mass is 365 g/mol. The van der Waals surface area contributed by atoms with Crippen LogP contribution in [0.3, 0.4) is 0 Å². The largest absolute Gasteiger partial charge is 0.313 e. The second-order valence-electron chi connectivity index (χ2n) is 5.78. The van der Waals surface area contributed by atoms with Crippen LogP contribution in [0.2, 0.25) is 0 Å². The van der Waals surface area contributed by atoms with Crippen LogP contribution in [0, 0.1) is 6.92 Å². The molecule has 0 saturated heterocycles. The first kappa shape index (κ1) is 14.3. The molecule has 4 heteroatoms. The molecule has 0 fully saturated rings. The van der Waals surface area contributed by atoms with Crippen molar-refractivity contribution in [2.45, 2.75) is 6.92 Å². The summed E-state index contributed by atoms with van der Waals surface area (Å²) < 4.78 is 5.30. The molecule has 0 aliphatic heterocycles. The maximum atomic E-state index is 4.79. The maximum Gasteiger partial charge on any atom is 0.214 e. The number of hydrogen-bond acceptors (Lipinski definition) is 1. The lowest BCUT2D eigenvalue weighted by atomic mass is 10.1. The van der Waals surface area contributed by atoms with E-state index in [9.17, 15) is 0 Å². The molecule has 0 saturated carbocycles. The van der Waals surface area contributed by atoms with E-state index in [-0.39, 0.29) is 0 Å². The molecule has 0 aliphatic carbocycles. The molecule has 23 heavy (non-hydrogen) atoms. The van der Waals surface area contributed by atoms with Crippen molar-refractivity contribution in [3.63, 3.8) is 0 Å². The Hall–Kier alpha value is -2.33. The molecule has 0 radical (unpaired) electrons. The zero-order chi connectivity index (χ0) is 16.0. The van der Waals surface area contributed by atoms with Crippen LogP contribution in [0.5, 0.6) is 0 Å². The standard InChI is InChI=1S/C19H16BrN3/c1-13-3-5-14(6-4-13)17-11-23-12-18(22(2)19(23)21-17)15-7-9-16(20)10-8-15/h3-12H,1-2H3. The van der Waals surface area contributed by atoms with Gasteiger partial charge in [0.15, 0.2) is 0 Å². The topological polar surface area (TPSA) is 22.2 Å². The first-order valence-corrected chi connectivity index (χ1v) is 8.28. The third kappa shape index (κ3) is 2.49. The number of fused-ring (bicyclic) bond motifs is 1. The Morgan fingerprint density at radius 1 is 0.870 bits per heavy atom. The fourth-order valence-corrected chi connectivity index (χ4v) is 3.07. The molecule has 0 aliphatic rings. The number of benzene rings is 2. The van der Waals surface area contributed by atoms with E-state index >= 15 is 0 Å². The Morgan fingerprint density at radius 2 is 1.52 bits per heavy atom. The molecule has 0 spiro atoms. The summed E-state index contributed by atoms with van der Waals surface area (Å²) >= 11 is 3.48. The smallest absolute Gasteiger partial charge is 0.214 e. The van der Waals surface area contributed by atoms with Gasteiger partial charge in [0.25, 0.3) is 0 Å². The van der Waals surface area contributed by atoms with Gasteiger partial charge >= 0.3 is 0 Å². The number of halogens is 1. The predicted molar refractivity (Wildman–Crippen MR) is 97.5 cm³/mol. The fourth-order valence-electron chi connectivity index (χ4n) is 2.81. The van der Waals surface area contributed by atoms with Gasteiger partial charge in [-0.25, -0.2) is 4.98 Å². The molecule has 0 bridgehead atoms. The third-order valence-electron chi connectivity index (χ3n) is 4.12. The van der Waals surface area contributed by atoms with Gasteiger partial charge in [0.2, 0.25) is 5.78 Å². The number of aryl methyl sites for hydroxylation is 2. The Labute approximate surface area is 143 Å². The van der Waals surface area contributed by atoms with Gasteiger partial charge in [-0.1, -0.05) is 57.9 Å². The number of hydrogen-bond donors (Lipinski definition) is 0. The molecule has 114 valence electrons. The lowest BCUT2D eigenvalue weighted by Crippen LogP contribution is -1.92. The van der Waals surface area contributed by atoms with Crippen LogP contribution in [0.1, 0.15) is 5.56 Å². The summed E-state index contributed by atoms with van der Waals surface area (Å²) in [4.78, 5) is 4.79. The zero-order valence-electron chi connectivity index (χ0n) is 13.0. The zero-order valence-corrected chi connectivity index (χ0v) is 14.6. The molecule has 4 rings (SSSR count).